The highest BCUT2D eigenvalue weighted by molar-refractivity contribution is 14.1. The SMILES string of the molecule is CCC(CC)N(CCOC)CC(=O)c1ccc(I)cc1. The van der Waals surface area contributed by atoms with Crippen LogP contribution in [-0.2, 0) is 4.74 Å². The number of carbonyl (C=O) groups is 1. The molecular formula is C16H24INO2. The van der Waals surface area contributed by atoms with Gasteiger partial charge in [-0.05, 0) is 47.6 Å². The van der Waals surface area contributed by atoms with Crippen molar-refractivity contribution in [3.05, 3.63) is 33.4 Å². The fraction of sp³-hybridized carbons (Fsp3) is 0.562. The van der Waals surface area contributed by atoms with Crippen LogP contribution in [0.15, 0.2) is 24.3 Å². The predicted molar refractivity (Wildman–Crippen MR) is 91.3 cm³/mol. The van der Waals surface area contributed by atoms with Gasteiger partial charge >= 0.3 is 0 Å². The average molecular weight is 389 g/mol. The molecule has 1 aromatic carbocycles. The number of methoxy groups -OCH3 is 1. The third kappa shape index (κ3) is 5.50. The molecule has 0 aromatic heterocycles. The summed E-state index contributed by atoms with van der Waals surface area (Å²) in [5, 5.41) is 0. The first kappa shape index (κ1) is 17.6. The molecular weight excluding hydrogens is 365 g/mol. The van der Waals surface area contributed by atoms with E-state index in [0.717, 1.165) is 28.5 Å². The van der Waals surface area contributed by atoms with Crippen molar-refractivity contribution in [1.82, 2.24) is 4.90 Å². The van der Waals surface area contributed by atoms with Gasteiger partial charge < -0.3 is 4.74 Å². The Morgan fingerprint density at radius 1 is 1.25 bits per heavy atom. The van der Waals surface area contributed by atoms with E-state index in [0.29, 0.717) is 19.2 Å². The van der Waals surface area contributed by atoms with Gasteiger partial charge in [-0.15, -0.1) is 0 Å². The van der Waals surface area contributed by atoms with E-state index in [1.807, 2.05) is 24.3 Å². The zero-order valence-corrected chi connectivity index (χ0v) is 14.7. The smallest absolute Gasteiger partial charge is 0.176 e. The molecule has 0 aliphatic heterocycles. The van der Waals surface area contributed by atoms with E-state index in [1.165, 1.54) is 0 Å². The molecule has 0 N–H and O–H groups in total. The largest absolute Gasteiger partial charge is 0.383 e. The Bertz CT molecular complexity index is 401. The van der Waals surface area contributed by atoms with Gasteiger partial charge in [-0.25, -0.2) is 0 Å². The molecule has 1 rings (SSSR count). The maximum absolute atomic E-state index is 12.4. The van der Waals surface area contributed by atoms with E-state index in [2.05, 4.69) is 41.3 Å². The molecule has 0 aliphatic rings. The van der Waals surface area contributed by atoms with Gasteiger partial charge in [-0.2, -0.15) is 0 Å². The maximum Gasteiger partial charge on any atom is 0.176 e. The zero-order chi connectivity index (χ0) is 15.0. The molecule has 20 heavy (non-hydrogen) atoms. The number of hydrogen-bond donors (Lipinski definition) is 0. The molecule has 4 heteroatoms. The molecule has 0 spiro atoms. The number of ketones is 1. The highest BCUT2D eigenvalue weighted by Crippen LogP contribution is 2.12. The third-order valence-corrected chi connectivity index (χ3v) is 4.27. The molecule has 112 valence electrons. The molecule has 0 saturated carbocycles. The first-order chi connectivity index (χ1) is 9.62. The number of carbonyl (C=O) groups excluding carboxylic acids is 1. The summed E-state index contributed by atoms with van der Waals surface area (Å²) in [6.45, 7) is 6.28. The van der Waals surface area contributed by atoms with E-state index in [-0.39, 0.29) is 5.78 Å². The Labute approximate surface area is 135 Å². The number of benzene rings is 1. The summed E-state index contributed by atoms with van der Waals surface area (Å²) in [6.07, 6.45) is 2.11. The van der Waals surface area contributed by atoms with Crippen LogP contribution in [0, 0.1) is 3.57 Å². The van der Waals surface area contributed by atoms with E-state index < -0.39 is 0 Å². The maximum atomic E-state index is 12.4. The number of rotatable bonds is 9. The van der Waals surface area contributed by atoms with Crippen LogP contribution in [-0.4, -0.2) is 43.5 Å². The highest BCUT2D eigenvalue weighted by Gasteiger charge is 2.18. The minimum absolute atomic E-state index is 0.185. The van der Waals surface area contributed by atoms with Gasteiger partial charge in [0, 0.05) is 28.8 Å². The van der Waals surface area contributed by atoms with Crippen molar-refractivity contribution in [1.29, 1.82) is 0 Å². The second-order valence-electron chi connectivity index (χ2n) is 4.86. The van der Waals surface area contributed by atoms with Gasteiger partial charge in [0.2, 0.25) is 0 Å². The molecule has 0 fully saturated rings. The molecule has 0 saturated heterocycles. The van der Waals surface area contributed by atoms with Crippen molar-refractivity contribution in [3.63, 3.8) is 0 Å². The van der Waals surface area contributed by atoms with Gasteiger partial charge in [0.15, 0.2) is 5.78 Å². The van der Waals surface area contributed by atoms with Crippen LogP contribution in [0.1, 0.15) is 37.0 Å². The summed E-state index contributed by atoms with van der Waals surface area (Å²) in [5.74, 6) is 0.185. The van der Waals surface area contributed by atoms with Crippen LogP contribution in [0.4, 0.5) is 0 Å². The first-order valence-corrected chi connectivity index (χ1v) is 8.22. The quantitative estimate of drug-likeness (QED) is 0.478. The first-order valence-electron chi connectivity index (χ1n) is 7.14. The zero-order valence-electron chi connectivity index (χ0n) is 12.6. The normalized spacial score (nSPS) is 11.3. The van der Waals surface area contributed by atoms with Crippen LogP contribution in [0.3, 0.4) is 0 Å². The number of nitrogens with zero attached hydrogens (tertiary/aromatic N) is 1. The Kier molecular flexibility index (Phi) is 8.33. The van der Waals surface area contributed by atoms with Crippen LogP contribution in [0.2, 0.25) is 0 Å². The lowest BCUT2D eigenvalue weighted by Crippen LogP contribution is -2.40. The molecule has 3 nitrogen and oxygen atoms in total. The molecule has 0 heterocycles. The lowest BCUT2D eigenvalue weighted by molar-refractivity contribution is 0.0811. The summed E-state index contributed by atoms with van der Waals surface area (Å²) >= 11 is 2.25. The third-order valence-electron chi connectivity index (χ3n) is 3.55. The van der Waals surface area contributed by atoms with Gasteiger partial charge in [0.1, 0.15) is 0 Å². The molecule has 0 radical (unpaired) electrons. The fourth-order valence-electron chi connectivity index (χ4n) is 2.32. The number of halogens is 1. The Morgan fingerprint density at radius 3 is 2.35 bits per heavy atom. The second-order valence-corrected chi connectivity index (χ2v) is 6.11. The highest BCUT2D eigenvalue weighted by atomic mass is 127. The summed E-state index contributed by atoms with van der Waals surface area (Å²) in [4.78, 5) is 14.6. The number of ether oxygens (including phenoxy) is 1. The minimum Gasteiger partial charge on any atom is -0.383 e. The molecule has 0 unspecified atom stereocenters. The summed E-state index contributed by atoms with van der Waals surface area (Å²) in [6, 6.07) is 8.21. The second kappa shape index (κ2) is 9.47. The monoisotopic (exact) mass is 389 g/mol. The molecule has 0 bridgehead atoms. The van der Waals surface area contributed by atoms with Gasteiger partial charge in [0.05, 0.1) is 13.2 Å². The molecule has 0 aliphatic carbocycles. The summed E-state index contributed by atoms with van der Waals surface area (Å²) in [7, 11) is 1.70. The standard InChI is InChI=1S/C16H24INO2/c1-4-15(5-2)18(10-11-20-3)12-16(19)13-6-8-14(17)9-7-13/h6-9,15H,4-5,10-12H2,1-3H3. The van der Waals surface area contributed by atoms with E-state index in [9.17, 15) is 4.79 Å². The van der Waals surface area contributed by atoms with Crippen LogP contribution >= 0.6 is 22.6 Å². The number of Topliss-reactive ketones (excluding diaryl/α,β-unsaturated/α-hetero) is 1. The van der Waals surface area contributed by atoms with E-state index >= 15 is 0 Å². The Morgan fingerprint density at radius 2 is 1.85 bits per heavy atom. The van der Waals surface area contributed by atoms with Gasteiger partial charge in [-0.3, -0.25) is 9.69 Å². The fourth-order valence-corrected chi connectivity index (χ4v) is 2.68. The lowest BCUT2D eigenvalue weighted by Gasteiger charge is -2.29. The van der Waals surface area contributed by atoms with Gasteiger partial charge in [-0.1, -0.05) is 26.0 Å². The van der Waals surface area contributed by atoms with Crippen molar-refractivity contribution >= 4 is 28.4 Å². The topological polar surface area (TPSA) is 29.5 Å². The average Bonchev–Trinajstić information content (AvgIpc) is 2.46. The minimum atomic E-state index is 0.185. The molecule has 0 atom stereocenters. The van der Waals surface area contributed by atoms with Crippen LogP contribution < -0.4 is 0 Å². The lowest BCUT2D eigenvalue weighted by atomic mass is 10.1. The number of hydrogen-bond acceptors (Lipinski definition) is 3. The summed E-state index contributed by atoms with van der Waals surface area (Å²) in [5.41, 5.74) is 0.791. The van der Waals surface area contributed by atoms with E-state index in [4.69, 9.17) is 4.74 Å². The summed E-state index contributed by atoms with van der Waals surface area (Å²) < 4.78 is 6.31. The Balaban J connectivity index is 2.72. The van der Waals surface area contributed by atoms with Crippen LogP contribution in [0.25, 0.3) is 0 Å². The van der Waals surface area contributed by atoms with Crippen molar-refractivity contribution in [2.24, 2.45) is 0 Å². The van der Waals surface area contributed by atoms with Crippen molar-refractivity contribution in [3.8, 4) is 0 Å². The van der Waals surface area contributed by atoms with Crippen molar-refractivity contribution < 1.29 is 9.53 Å². The molecule has 0 amide bonds. The predicted octanol–water partition coefficient (Wildman–Crippen LogP) is 3.61. The molecule has 1 aromatic rings. The Hall–Kier alpha value is -0.460. The van der Waals surface area contributed by atoms with Crippen molar-refractivity contribution in [2.75, 3.05) is 26.8 Å². The van der Waals surface area contributed by atoms with Gasteiger partial charge in [0.25, 0.3) is 0 Å². The van der Waals surface area contributed by atoms with Crippen LogP contribution in [0.5, 0.6) is 0 Å². The van der Waals surface area contributed by atoms with E-state index in [1.54, 1.807) is 7.11 Å². The van der Waals surface area contributed by atoms with Crippen molar-refractivity contribution in [2.45, 2.75) is 32.7 Å².